The van der Waals surface area contributed by atoms with E-state index >= 15 is 0 Å². The van der Waals surface area contributed by atoms with Crippen LogP contribution in [0.5, 0.6) is 11.5 Å². The number of fused-ring (bicyclic) bond motifs is 2. The van der Waals surface area contributed by atoms with Crippen LogP contribution in [0.3, 0.4) is 0 Å². The minimum atomic E-state index is -1.51. The van der Waals surface area contributed by atoms with Gasteiger partial charge in [-0.2, -0.15) is 0 Å². The molecule has 178 valence electrons. The number of imide groups is 1. The standard InChI is InChI=1S/C27H18FN3O5/c28-17-9-11-19(12-10-17)36-20-5-3-4-18(15-20)30-22-7-2-1-6-21(22)26(33)31(27(34)35)24-14-16(25(29)32)8-13-23(24)30/h1-15H,(H2,29,32)(H,34,35). The predicted octanol–water partition coefficient (Wildman–Crippen LogP) is 5.82. The molecule has 0 radical (unpaired) electrons. The van der Waals surface area contributed by atoms with Crippen molar-refractivity contribution >= 4 is 40.7 Å². The summed E-state index contributed by atoms with van der Waals surface area (Å²) in [5.74, 6) is -1.08. The molecule has 4 aromatic carbocycles. The summed E-state index contributed by atoms with van der Waals surface area (Å²) in [5.41, 5.74) is 6.91. The molecule has 1 aliphatic heterocycles. The molecule has 0 aliphatic carbocycles. The highest BCUT2D eigenvalue weighted by atomic mass is 19.1. The number of amides is 3. The zero-order valence-electron chi connectivity index (χ0n) is 18.6. The number of rotatable bonds is 4. The van der Waals surface area contributed by atoms with Gasteiger partial charge >= 0.3 is 6.09 Å². The number of carbonyl (C=O) groups excluding carboxylic acids is 2. The Hall–Kier alpha value is -5.18. The lowest BCUT2D eigenvalue weighted by molar-refractivity contribution is 0.0977. The predicted molar refractivity (Wildman–Crippen MR) is 131 cm³/mol. The van der Waals surface area contributed by atoms with E-state index in [-0.39, 0.29) is 16.8 Å². The number of nitrogens with two attached hydrogens (primary N) is 1. The second-order valence-corrected chi connectivity index (χ2v) is 7.90. The third-order valence-electron chi connectivity index (χ3n) is 5.64. The monoisotopic (exact) mass is 483 g/mol. The number of primary amides is 1. The molecule has 1 aliphatic rings. The van der Waals surface area contributed by atoms with Gasteiger partial charge in [0.2, 0.25) is 5.91 Å². The van der Waals surface area contributed by atoms with Crippen molar-refractivity contribution in [1.82, 2.24) is 0 Å². The Balaban J connectivity index is 1.71. The maximum absolute atomic E-state index is 13.4. The number of ether oxygens (including phenoxy) is 1. The highest BCUT2D eigenvalue weighted by Gasteiger charge is 2.35. The van der Waals surface area contributed by atoms with E-state index in [1.165, 1.54) is 48.5 Å². The van der Waals surface area contributed by atoms with Crippen LogP contribution < -0.4 is 20.3 Å². The van der Waals surface area contributed by atoms with Gasteiger partial charge in [-0.05, 0) is 66.7 Å². The number of benzene rings is 4. The summed E-state index contributed by atoms with van der Waals surface area (Å²) >= 11 is 0. The molecular weight excluding hydrogens is 465 g/mol. The van der Waals surface area contributed by atoms with Crippen molar-refractivity contribution in [2.24, 2.45) is 5.73 Å². The number of anilines is 4. The fraction of sp³-hybridized carbons (Fsp3) is 0. The number of carboxylic acid groups (broad SMARTS) is 1. The molecule has 0 unspecified atom stereocenters. The van der Waals surface area contributed by atoms with Gasteiger partial charge in [-0.15, -0.1) is 0 Å². The van der Waals surface area contributed by atoms with Crippen molar-refractivity contribution in [1.29, 1.82) is 0 Å². The van der Waals surface area contributed by atoms with Crippen molar-refractivity contribution < 1.29 is 28.6 Å². The normalized spacial score (nSPS) is 12.4. The van der Waals surface area contributed by atoms with Gasteiger partial charge in [0.25, 0.3) is 5.91 Å². The average Bonchev–Trinajstić information content (AvgIpc) is 2.97. The Morgan fingerprint density at radius 3 is 2.28 bits per heavy atom. The fourth-order valence-electron chi connectivity index (χ4n) is 4.05. The van der Waals surface area contributed by atoms with Gasteiger partial charge in [-0.1, -0.05) is 18.2 Å². The maximum Gasteiger partial charge on any atom is 0.419 e. The van der Waals surface area contributed by atoms with Crippen LogP contribution in [0.1, 0.15) is 20.7 Å². The topological polar surface area (TPSA) is 113 Å². The molecule has 0 spiro atoms. The van der Waals surface area contributed by atoms with Gasteiger partial charge in [0, 0.05) is 17.3 Å². The molecular formula is C27H18FN3O5. The summed E-state index contributed by atoms with van der Waals surface area (Å²) in [7, 11) is 0. The highest BCUT2D eigenvalue weighted by molar-refractivity contribution is 6.24. The third kappa shape index (κ3) is 3.98. The number of para-hydroxylation sites is 1. The largest absolute Gasteiger partial charge is 0.464 e. The molecule has 0 fully saturated rings. The molecule has 5 rings (SSSR count). The quantitative estimate of drug-likeness (QED) is 0.378. The number of hydrogen-bond donors (Lipinski definition) is 2. The van der Waals surface area contributed by atoms with Crippen LogP contribution in [0.2, 0.25) is 0 Å². The first kappa shape index (κ1) is 22.6. The molecule has 8 nitrogen and oxygen atoms in total. The fourth-order valence-corrected chi connectivity index (χ4v) is 4.05. The van der Waals surface area contributed by atoms with Crippen molar-refractivity contribution in [2.75, 3.05) is 9.80 Å². The Morgan fingerprint density at radius 1 is 0.806 bits per heavy atom. The van der Waals surface area contributed by atoms with Crippen molar-refractivity contribution in [3.8, 4) is 11.5 Å². The second-order valence-electron chi connectivity index (χ2n) is 7.90. The minimum Gasteiger partial charge on any atom is -0.464 e. The molecule has 0 saturated heterocycles. The Labute approximate surface area is 204 Å². The molecule has 9 heteroatoms. The van der Waals surface area contributed by atoms with Crippen LogP contribution >= 0.6 is 0 Å². The summed E-state index contributed by atoms with van der Waals surface area (Å²) in [6.45, 7) is 0. The van der Waals surface area contributed by atoms with E-state index in [9.17, 15) is 23.9 Å². The van der Waals surface area contributed by atoms with Crippen molar-refractivity contribution in [3.05, 3.63) is 108 Å². The Kier molecular flexibility index (Phi) is 5.57. The number of nitrogens with zero attached hydrogens (tertiary/aromatic N) is 2. The van der Waals surface area contributed by atoms with E-state index in [0.717, 1.165) is 0 Å². The van der Waals surface area contributed by atoms with Gasteiger partial charge in [0.05, 0.1) is 22.6 Å². The summed E-state index contributed by atoms with van der Waals surface area (Å²) in [6.07, 6.45) is -1.51. The SMILES string of the molecule is NC(=O)c1ccc2c(c1)N(C(=O)O)C(=O)c1ccccc1N2c1cccc(Oc2ccc(F)cc2)c1. The molecule has 4 aromatic rings. The minimum absolute atomic E-state index is 0.0233. The smallest absolute Gasteiger partial charge is 0.419 e. The van der Waals surface area contributed by atoms with Crippen LogP contribution in [0.25, 0.3) is 0 Å². The van der Waals surface area contributed by atoms with Crippen molar-refractivity contribution in [2.45, 2.75) is 0 Å². The lowest BCUT2D eigenvalue weighted by atomic mass is 10.1. The molecule has 0 aromatic heterocycles. The molecule has 0 saturated carbocycles. The first-order valence-electron chi connectivity index (χ1n) is 10.8. The third-order valence-corrected chi connectivity index (χ3v) is 5.64. The molecule has 36 heavy (non-hydrogen) atoms. The first-order valence-corrected chi connectivity index (χ1v) is 10.8. The van der Waals surface area contributed by atoms with E-state index in [4.69, 9.17) is 10.5 Å². The van der Waals surface area contributed by atoms with Crippen LogP contribution in [0.15, 0.2) is 91.0 Å². The second kappa shape index (κ2) is 8.88. The molecule has 3 amide bonds. The lowest BCUT2D eigenvalue weighted by Gasteiger charge is -2.27. The lowest BCUT2D eigenvalue weighted by Crippen LogP contribution is -2.35. The van der Waals surface area contributed by atoms with Gasteiger partial charge < -0.3 is 20.5 Å². The summed E-state index contributed by atoms with van der Waals surface area (Å²) in [4.78, 5) is 39.8. The van der Waals surface area contributed by atoms with E-state index in [1.54, 1.807) is 47.4 Å². The maximum atomic E-state index is 13.4. The summed E-state index contributed by atoms with van der Waals surface area (Å²) < 4.78 is 19.2. The van der Waals surface area contributed by atoms with E-state index in [2.05, 4.69) is 0 Å². The molecule has 0 bridgehead atoms. The number of hydrogen-bond acceptors (Lipinski definition) is 5. The van der Waals surface area contributed by atoms with E-state index < -0.39 is 23.7 Å². The van der Waals surface area contributed by atoms with Crippen LogP contribution in [0.4, 0.5) is 31.9 Å². The number of carbonyl (C=O) groups is 3. The van der Waals surface area contributed by atoms with Crippen LogP contribution in [0, 0.1) is 5.82 Å². The van der Waals surface area contributed by atoms with Gasteiger partial charge in [0.1, 0.15) is 17.3 Å². The zero-order valence-corrected chi connectivity index (χ0v) is 18.6. The molecule has 3 N–H and O–H groups in total. The average molecular weight is 483 g/mol. The van der Waals surface area contributed by atoms with Gasteiger partial charge in [-0.25, -0.2) is 14.1 Å². The first-order chi connectivity index (χ1) is 17.3. The van der Waals surface area contributed by atoms with E-state index in [1.807, 2.05) is 0 Å². The Bertz CT molecular complexity index is 1520. The van der Waals surface area contributed by atoms with Crippen LogP contribution in [-0.4, -0.2) is 23.0 Å². The van der Waals surface area contributed by atoms with E-state index in [0.29, 0.717) is 33.5 Å². The number of halogens is 1. The van der Waals surface area contributed by atoms with Gasteiger partial charge in [0.15, 0.2) is 0 Å². The Morgan fingerprint density at radius 2 is 1.56 bits per heavy atom. The van der Waals surface area contributed by atoms with Crippen LogP contribution in [-0.2, 0) is 0 Å². The molecule has 0 atom stereocenters. The highest BCUT2D eigenvalue weighted by Crippen LogP contribution is 2.46. The van der Waals surface area contributed by atoms with Crippen molar-refractivity contribution in [3.63, 3.8) is 0 Å². The summed E-state index contributed by atoms with van der Waals surface area (Å²) in [6, 6.07) is 23.3. The van der Waals surface area contributed by atoms with Gasteiger partial charge in [-0.3, -0.25) is 9.59 Å². The zero-order chi connectivity index (χ0) is 25.4. The summed E-state index contributed by atoms with van der Waals surface area (Å²) in [5, 5.41) is 9.94. The molecule has 1 heterocycles.